The Balaban J connectivity index is 1.67. The number of ether oxygens (including phenoxy) is 2. The number of hydrogen-bond donors (Lipinski definition) is 1. The Hall–Kier alpha value is -3.08. The standard InChI is InChI=1S/C23H22F5N3O3/c1-12-6-14(23(26,27)28)9-30-20(12)18(32)8-13-2-3-17(25)15(7-13)22(11-24)16-10-33-5-4-19(16)34-21(29)31-22/h2-3,6-7,9,16,19H,4-5,8,10-11H2,1H3,(H2,29,31)/t16-,19+,22+/m0/s1. The number of aromatic nitrogens is 1. The van der Waals surface area contributed by atoms with E-state index in [1.165, 1.54) is 19.1 Å². The molecule has 1 aromatic carbocycles. The first-order chi connectivity index (χ1) is 16.0. The summed E-state index contributed by atoms with van der Waals surface area (Å²) < 4.78 is 79.2. The molecule has 1 saturated heterocycles. The molecule has 0 saturated carbocycles. The van der Waals surface area contributed by atoms with E-state index in [1.54, 1.807) is 0 Å². The summed E-state index contributed by atoms with van der Waals surface area (Å²) in [7, 11) is 0. The van der Waals surface area contributed by atoms with E-state index >= 15 is 0 Å². The Morgan fingerprint density at radius 1 is 1.29 bits per heavy atom. The summed E-state index contributed by atoms with van der Waals surface area (Å²) in [5.74, 6) is -1.94. The highest BCUT2D eigenvalue weighted by molar-refractivity contribution is 5.97. The summed E-state index contributed by atoms with van der Waals surface area (Å²) in [5.41, 5.74) is 3.29. The molecule has 2 aliphatic rings. The number of nitrogens with two attached hydrogens (primary N) is 1. The highest BCUT2D eigenvalue weighted by Gasteiger charge is 2.52. The SMILES string of the molecule is Cc1cc(C(F)(F)F)cnc1C(=O)Cc1ccc(F)c([C@@]2(CF)N=C(N)O[C@@H]3CCOC[C@@H]32)c1. The average Bonchev–Trinajstić information content (AvgIpc) is 2.79. The minimum absolute atomic E-state index is 0.0615. The number of benzene rings is 1. The van der Waals surface area contributed by atoms with E-state index in [0.717, 1.165) is 12.1 Å². The van der Waals surface area contributed by atoms with E-state index in [2.05, 4.69) is 9.98 Å². The van der Waals surface area contributed by atoms with Gasteiger partial charge in [0.1, 0.15) is 29.8 Å². The van der Waals surface area contributed by atoms with E-state index in [9.17, 15) is 26.7 Å². The lowest BCUT2D eigenvalue weighted by Gasteiger charge is -2.45. The van der Waals surface area contributed by atoms with Crippen LogP contribution < -0.4 is 5.73 Å². The third kappa shape index (κ3) is 4.36. The Morgan fingerprint density at radius 3 is 2.74 bits per heavy atom. The Kier molecular flexibility index (Phi) is 6.32. The number of carbonyl (C=O) groups excluding carboxylic acids is 1. The van der Waals surface area contributed by atoms with Gasteiger partial charge in [-0.2, -0.15) is 13.2 Å². The van der Waals surface area contributed by atoms with Gasteiger partial charge in [-0.1, -0.05) is 6.07 Å². The van der Waals surface area contributed by atoms with Crippen molar-refractivity contribution in [3.05, 3.63) is 64.2 Å². The van der Waals surface area contributed by atoms with E-state index in [0.29, 0.717) is 24.8 Å². The Bertz CT molecular complexity index is 1140. The number of rotatable bonds is 5. The molecule has 2 aromatic rings. The second kappa shape index (κ2) is 8.94. The van der Waals surface area contributed by atoms with Crippen molar-refractivity contribution in [3.8, 4) is 0 Å². The molecule has 1 fully saturated rings. The minimum atomic E-state index is -4.58. The van der Waals surface area contributed by atoms with Gasteiger partial charge in [-0.05, 0) is 36.2 Å². The van der Waals surface area contributed by atoms with E-state index in [4.69, 9.17) is 15.2 Å². The van der Waals surface area contributed by atoms with Crippen LogP contribution in [-0.4, -0.2) is 42.8 Å². The van der Waals surface area contributed by atoms with Crippen LogP contribution in [0, 0.1) is 18.7 Å². The van der Waals surface area contributed by atoms with E-state index < -0.39 is 47.6 Å². The van der Waals surface area contributed by atoms with Crippen molar-refractivity contribution in [2.75, 3.05) is 19.9 Å². The number of halogens is 5. The fraction of sp³-hybridized carbons (Fsp3) is 0.435. The maximum Gasteiger partial charge on any atom is 0.417 e. The molecule has 34 heavy (non-hydrogen) atoms. The molecule has 0 amide bonds. The van der Waals surface area contributed by atoms with Crippen molar-refractivity contribution < 1.29 is 36.2 Å². The quantitative estimate of drug-likeness (QED) is 0.515. The number of amidine groups is 1. The smallest absolute Gasteiger partial charge is 0.417 e. The number of hydrogen-bond acceptors (Lipinski definition) is 6. The number of ketones is 1. The maximum absolute atomic E-state index is 15.0. The van der Waals surface area contributed by atoms with Gasteiger partial charge in [0.05, 0.1) is 24.7 Å². The molecule has 3 atom stereocenters. The summed E-state index contributed by atoms with van der Waals surface area (Å²) in [6.45, 7) is 0.748. The molecule has 2 aliphatic heterocycles. The van der Waals surface area contributed by atoms with Crippen molar-refractivity contribution in [1.82, 2.24) is 4.98 Å². The molecule has 2 N–H and O–H groups in total. The molecule has 11 heteroatoms. The highest BCUT2D eigenvalue weighted by Crippen LogP contribution is 2.44. The van der Waals surface area contributed by atoms with Crippen molar-refractivity contribution >= 4 is 11.8 Å². The zero-order valence-electron chi connectivity index (χ0n) is 18.2. The third-order valence-electron chi connectivity index (χ3n) is 6.22. The zero-order chi connectivity index (χ0) is 24.7. The number of alkyl halides is 4. The molecule has 0 spiro atoms. The van der Waals surface area contributed by atoms with Crippen LogP contribution in [0.15, 0.2) is 35.5 Å². The summed E-state index contributed by atoms with van der Waals surface area (Å²) >= 11 is 0. The summed E-state index contributed by atoms with van der Waals surface area (Å²) in [4.78, 5) is 20.6. The summed E-state index contributed by atoms with van der Waals surface area (Å²) in [6.07, 6.45) is -4.35. The second-order valence-corrected chi connectivity index (χ2v) is 8.44. The normalized spacial score (nSPS) is 24.7. The maximum atomic E-state index is 15.0. The van der Waals surface area contributed by atoms with Gasteiger partial charge in [-0.25, -0.2) is 13.8 Å². The molecular weight excluding hydrogens is 461 g/mol. The summed E-state index contributed by atoms with van der Waals surface area (Å²) in [5, 5.41) is 0. The van der Waals surface area contributed by atoms with Gasteiger partial charge in [0.15, 0.2) is 5.78 Å². The number of fused-ring (bicyclic) bond motifs is 1. The largest absolute Gasteiger partial charge is 0.462 e. The number of aliphatic imine (C=N–C) groups is 1. The molecule has 3 heterocycles. The van der Waals surface area contributed by atoms with E-state index in [1.807, 2.05) is 0 Å². The fourth-order valence-electron chi connectivity index (χ4n) is 4.53. The van der Waals surface area contributed by atoms with Gasteiger partial charge in [0, 0.05) is 24.6 Å². The predicted molar refractivity (Wildman–Crippen MR) is 111 cm³/mol. The molecule has 1 aromatic heterocycles. The average molecular weight is 483 g/mol. The number of nitrogens with zero attached hydrogens (tertiary/aromatic N) is 2. The van der Waals surface area contributed by atoms with Crippen molar-refractivity contribution in [2.45, 2.75) is 37.6 Å². The molecule has 0 unspecified atom stereocenters. The van der Waals surface area contributed by atoms with Crippen LogP contribution in [0.1, 0.15) is 39.2 Å². The molecule has 0 bridgehead atoms. The number of pyridine rings is 1. The van der Waals surface area contributed by atoms with Crippen molar-refractivity contribution in [3.63, 3.8) is 0 Å². The lowest BCUT2D eigenvalue weighted by atomic mass is 9.74. The predicted octanol–water partition coefficient (Wildman–Crippen LogP) is 3.89. The third-order valence-corrected chi connectivity index (χ3v) is 6.22. The lowest BCUT2D eigenvalue weighted by molar-refractivity contribution is -0.137. The molecule has 0 aliphatic carbocycles. The first-order valence-corrected chi connectivity index (χ1v) is 10.6. The van der Waals surface area contributed by atoms with Crippen LogP contribution in [-0.2, 0) is 27.6 Å². The van der Waals surface area contributed by atoms with Gasteiger partial charge in [0.25, 0.3) is 6.02 Å². The Labute approximate surface area is 192 Å². The van der Waals surface area contributed by atoms with Gasteiger partial charge in [-0.15, -0.1) is 0 Å². The summed E-state index contributed by atoms with van der Waals surface area (Å²) in [6, 6.07) is 4.37. The van der Waals surface area contributed by atoms with Crippen LogP contribution in [0.3, 0.4) is 0 Å². The first-order valence-electron chi connectivity index (χ1n) is 10.6. The van der Waals surface area contributed by atoms with Crippen molar-refractivity contribution in [2.24, 2.45) is 16.6 Å². The highest BCUT2D eigenvalue weighted by atomic mass is 19.4. The zero-order valence-corrected chi connectivity index (χ0v) is 18.2. The van der Waals surface area contributed by atoms with Gasteiger partial charge >= 0.3 is 6.18 Å². The van der Waals surface area contributed by atoms with Gasteiger partial charge < -0.3 is 15.2 Å². The molecule has 0 radical (unpaired) electrons. The molecule has 6 nitrogen and oxygen atoms in total. The van der Waals surface area contributed by atoms with Gasteiger partial charge in [0.2, 0.25) is 0 Å². The van der Waals surface area contributed by atoms with Crippen LogP contribution in [0.5, 0.6) is 0 Å². The lowest BCUT2D eigenvalue weighted by Crippen LogP contribution is -2.54. The van der Waals surface area contributed by atoms with Crippen LogP contribution in [0.25, 0.3) is 0 Å². The van der Waals surface area contributed by atoms with E-state index in [-0.39, 0.29) is 35.9 Å². The number of carbonyl (C=O) groups is 1. The first kappa shape index (κ1) is 24.1. The fourth-order valence-corrected chi connectivity index (χ4v) is 4.53. The van der Waals surface area contributed by atoms with Crippen LogP contribution in [0.4, 0.5) is 22.0 Å². The topological polar surface area (TPSA) is 86.8 Å². The Morgan fingerprint density at radius 2 is 2.06 bits per heavy atom. The van der Waals surface area contributed by atoms with Crippen molar-refractivity contribution in [1.29, 1.82) is 0 Å². The molecular formula is C23H22F5N3O3. The number of aryl methyl sites for hydroxylation is 1. The van der Waals surface area contributed by atoms with Gasteiger partial charge in [-0.3, -0.25) is 9.78 Å². The number of Topliss-reactive ketones (excluding diaryl/α,β-unsaturated/α-hetero) is 1. The van der Waals surface area contributed by atoms with Crippen LogP contribution >= 0.6 is 0 Å². The molecule has 182 valence electrons. The monoisotopic (exact) mass is 483 g/mol. The minimum Gasteiger partial charge on any atom is -0.462 e. The second-order valence-electron chi connectivity index (χ2n) is 8.44. The molecule has 4 rings (SSSR count). The van der Waals surface area contributed by atoms with Crippen LogP contribution in [0.2, 0.25) is 0 Å².